The van der Waals surface area contributed by atoms with Gasteiger partial charge in [-0.15, -0.1) is 0 Å². The number of nitrogens with one attached hydrogen (secondary N) is 2. The van der Waals surface area contributed by atoms with Gasteiger partial charge in [-0.2, -0.15) is 0 Å². The van der Waals surface area contributed by atoms with E-state index in [0.29, 0.717) is 17.6 Å². The fourth-order valence-electron chi connectivity index (χ4n) is 1.26. The van der Waals surface area contributed by atoms with Crippen LogP contribution >= 0.6 is 0 Å². The Kier molecular flexibility index (Phi) is 2.57. The highest BCUT2D eigenvalue weighted by Crippen LogP contribution is 2.11. The van der Waals surface area contributed by atoms with E-state index in [1.54, 1.807) is 12.1 Å². The summed E-state index contributed by atoms with van der Waals surface area (Å²) in [6, 6.07) is 5.37. The molecule has 0 aliphatic carbocycles. The molecule has 2 N–H and O–H groups in total. The van der Waals surface area contributed by atoms with Crippen molar-refractivity contribution in [2.24, 2.45) is 0 Å². The molecule has 0 aliphatic rings. The lowest BCUT2D eigenvalue weighted by Gasteiger charge is -1.89. The molecule has 0 saturated carbocycles. The number of benzene rings is 1. The molecule has 0 radical (unpaired) electrons. The minimum Gasteiger partial charge on any atom is -0.408 e. The summed E-state index contributed by atoms with van der Waals surface area (Å²) in [4.78, 5) is 13.5. The SMILES string of the molecule is CNCC#Cc1ccc2[nH]c(=O)oc2c1. The zero-order chi connectivity index (χ0) is 10.7. The van der Waals surface area contributed by atoms with Crippen molar-refractivity contribution >= 4 is 11.1 Å². The van der Waals surface area contributed by atoms with Crippen LogP contribution in [0.2, 0.25) is 0 Å². The average molecular weight is 202 g/mol. The maximum Gasteiger partial charge on any atom is 0.417 e. The lowest BCUT2D eigenvalue weighted by molar-refractivity contribution is 0.555. The van der Waals surface area contributed by atoms with E-state index in [4.69, 9.17) is 4.42 Å². The van der Waals surface area contributed by atoms with Gasteiger partial charge in [0.2, 0.25) is 0 Å². The van der Waals surface area contributed by atoms with Crippen molar-refractivity contribution in [3.8, 4) is 11.8 Å². The summed E-state index contributed by atoms with van der Waals surface area (Å²) in [6.45, 7) is 0.634. The van der Waals surface area contributed by atoms with E-state index in [2.05, 4.69) is 22.1 Å². The molecule has 0 fully saturated rings. The second kappa shape index (κ2) is 4.03. The highest BCUT2D eigenvalue weighted by atomic mass is 16.4. The predicted molar refractivity (Wildman–Crippen MR) is 57.6 cm³/mol. The van der Waals surface area contributed by atoms with E-state index in [1.165, 1.54) is 0 Å². The molecule has 0 amide bonds. The van der Waals surface area contributed by atoms with E-state index in [-0.39, 0.29) is 0 Å². The predicted octanol–water partition coefficient (Wildman–Crippen LogP) is 0.692. The maximum absolute atomic E-state index is 10.9. The summed E-state index contributed by atoms with van der Waals surface area (Å²) in [5, 5.41) is 2.93. The molecule has 0 spiro atoms. The number of oxazole rings is 1. The summed E-state index contributed by atoms with van der Waals surface area (Å²) in [6.07, 6.45) is 0. The van der Waals surface area contributed by atoms with Crippen LogP contribution in [0.3, 0.4) is 0 Å². The molecule has 0 bridgehead atoms. The third-order valence-corrected chi connectivity index (χ3v) is 1.92. The number of hydrogen-bond acceptors (Lipinski definition) is 3. The highest BCUT2D eigenvalue weighted by Gasteiger charge is 1.99. The number of H-pyrrole nitrogens is 1. The minimum absolute atomic E-state index is 0.440. The first-order valence-corrected chi connectivity index (χ1v) is 4.56. The molecule has 4 nitrogen and oxygen atoms in total. The van der Waals surface area contributed by atoms with Gasteiger partial charge in [0.05, 0.1) is 12.1 Å². The first-order chi connectivity index (χ1) is 7.29. The Bertz CT molecular complexity index is 584. The number of fused-ring (bicyclic) bond motifs is 1. The molecular weight excluding hydrogens is 192 g/mol. The zero-order valence-corrected chi connectivity index (χ0v) is 8.26. The van der Waals surface area contributed by atoms with Crippen LogP contribution in [0, 0.1) is 11.8 Å². The smallest absolute Gasteiger partial charge is 0.408 e. The third-order valence-electron chi connectivity index (χ3n) is 1.92. The Hall–Kier alpha value is -1.99. The van der Waals surface area contributed by atoms with Crippen molar-refractivity contribution in [3.63, 3.8) is 0 Å². The molecular formula is C11H10N2O2. The van der Waals surface area contributed by atoms with Gasteiger partial charge in [-0.25, -0.2) is 4.79 Å². The van der Waals surface area contributed by atoms with E-state index in [1.807, 2.05) is 13.1 Å². The van der Waals surface area contributed by atoms with Crippen LogP contribution in [0.4, 0.5) is 0 Å². The Morgan fingerprint density at radius 2 is 2.40 bits per heavy atom. The summed E-state index contributed by atoms with van der Waals surface area (Å²) in [5.74, 6) is 5.45. The van der Waals surface area contributed by atoms with Crippen LogP contribution in [0.25, 0.3) is 11.1 Å². The fraction of sp³-hybridized carbons (Fsp3) is 0.182. The quantitative estimate of drug-likeness (QED) is 0.669. The van der Waals surface area contributed by atoms with Crippen LogP contribution in [0.5, 0.6) is 0 Å². The molecule has 0 atom stereocenters. The van der Waals surface area contributed by atoms with E-state index < -0.39 is 5.76 Å². The topological polar surface area (TPSA) is 58.0 Å². The Labute approximate surface area is 86.3 Å². The second-order valence-electron chi connectivity index (χ2n) is 3.06. The van der Waals surface area contributed by atoms with Gasteiger partial charge in [-0.1, -0.05) is 11.8 Å². The molecule has 76 valence electrons. The Balaban J connectivity index is 2.39. The van der Waals surface area contributed by atoms with Gasteiger partial charge in [0.25, 0.3) is 0 Å². The van der Waals surface area contributed by atoms with Crippen molar-refractivity contribution in [3.05, 3.63) is 34.3 Å². The van der Waals surface area contributed by atoms with Gasteiger partial charge in [0.15, 0.2) is 5.58 Å². The molecule has 0 unspecified atom stereocenters. The van der Waals surface area contributed by atoms with Gasteiger partial charge in [-0.05, 0) is 25.2 Å². The summed E-state index contributed by atoms with van der Waals surface area (Å²) >= 11 is 0. The average Bonchev–Trinajstić information content (AvgIpc) is 2.57. The Morgan fingerprint density at radius 3 is 3.20 bits per heavy atom. The standard InChI is InChI=1S/C11H10N2O2/c1-12-6-2-3-8-4-5-9-10(7-8)15-11(14)13-9/h4-5,7,12H,6H2,1H3,(H,13,14). The lowest BCUT2D eigenvalue weighted by Crippen LogP contribution is -2.04. The van der Waals surface area contributed by atoms with E-state index in [0.717, 1.165) is 5.56 Å². The number of rotatable bonds is 1. The molecule has 1 aromatic heterocycles. The van der Waals surface area contributed by atoms with E-state index >= 15 is 0 Å². The molecule has 1 aromatic carbocycles. The number of aromatic amines is 1. The van der Waals surface area contributed by atoms with E-state index in [9.17, 15) is 4.79 Å². The molecule has 0 saturated heterocycles. The van der Waals surface area contributed by atoms with Crippen LogP contribution in [0.1, 0.15) is 5.56 Å². The summed E-state index contributed by atoms with van der Waals surface area (Å²) in [7, 11) is 1.84. The normalized spacial score (nSPS) is 9.93. The van der Waals surface area contributed by atoms with Crippen LogP contribution < -0.4 is 11.1 Å². The first kappa shape index (κ1) is 9.56. The van der Waals surface area contributed by atoms with Gasteiger partial charge >= 0.3 is 5.76 Å². The van der Waals surface area contributed by atoms with Crippen molar-refractivity contribution < 1.29 is 4.42 Å². The molecule has 2 aromatic rings. The molecule has 1 heterocycles. The highest BCUT2D eigenvalue weighted by molar-refractivity contribution is 5.73. The van der Waals surface area contributed by atoms with Gasteiger partial charge in [0.1, 0.15) is 0 Å². The van der Waals surface area contributed by atoms with Crippen molar-refractivity contribution in [1.82, 2.24) is 10.3 Å². The second-order valence-corrected chi connectivity index (χ2v) is 3.06. The van der Waals surface area contributed by atoms with Crippen molar-refractivity contribution in [2.45, 2.75) is 0 Å². The molecule has 15 heavy (non-hydrogen) atoms. The lowest BCUT2D eigenvalue weighted by atomic mass is 10.2. The third kappa shape index (κ3) is 2.09. The minimum atomic E-state index is -0.440. The molecule has 0 aliphatic heterocycles. The fourth-order valence-corrected chi connectivity index (χ4v) is 1.26. The van der Waals surface area contributed by atoms with Gasteiger partial charge in [0, 0.05) is 5.56 Å². The monoisotopic (exact) mass is 202 g/mol. The van der Waals surface area contributed by atoms with Crippen LogP contribution in [-0.4, -0.2) is 18.6 Å². The van der Waals surface area contributed by atoms with Crippen LogP contribution in [0.15, 0.2) is 27.4 Å². The number of hydrogen-bond donors (Lipinski definition) is 2. The van der Waals surface area contributed by atoms with Gasteiger partial charge in [-0.3, -0.25) is 4.98 Å². The van der Waals surface area contributed by atoms with Crippen LogP contribution in [-0.2, 0) is 0 Å². The first-order valence-electron chi connectivity index (χ1n) is 4.56. The summed E-state index contributed by atoms with van der Waals surface area (Å²) in [5.41, 5.74) is 2.07. The van der Waals surface area contributed by atoms with Crippen molar-refractivity contribution in [1.29, 1.82) is 0 Å². The molecule has 2 rings (SSSR count). The maximum atomic E-state index is 10.9. The van der Waals surface area contributed by atoms with Gasteiger partial charge < -0.3 is 9.73 Å². The zero-order valence-electron chi connectivity index (χ0n) is 8.26. The number of aromatic nitrogens is 1. The van der Waals surface area contributed by atoms with Crippen molar-refractivity contribution in [2.75, 3.05) is 13.6 Å². The largest absolute Gasteiger partial charge is 0.417 e. The summed E-state index contributed by atoms with van der Waals surface area (Å²) < 4.78 is 4.92. The Morgan fingerprint density at radius 1 is 1.53 bits per heavy atom. The molecule has 4 heteroatoms.